The van der Waals surface area contributed by atoms with Gasteiger partial charge in [-0.3, -0.25) is 4.79 Å². The van der Waals surface area contributed by atoms with Gasteiger partial charge in [0.15, 0.2) is 0 Å². The lowest BCUT2D eigenvalue weighted by molar-refractivity contribution is -0.140. The Balaban J connectivity index is 2.14. The molecule has 0 saturated carbocycles. The van der Waals surface area contributed by atoms with Crippen LogP contribution in [0.1, 0.15) is 31.2 Å². The highest BCUT2D eigenvalue weighted by molar-refractivity contribution is 5.68. The summed E-state index contributed by atoms with van der Waals surface area (Å²) in [5.74, 6) is -0.148. The van der Waals surface area contributed by atoms with Crippen LogP contribution in [0, 0.1) is 11.3 Å². The Kier molecular flexibility index (Phi) is 6.34. The first-order chi connectivity index (χ1) is 8.76. The highest BCUT2D eigenvalue weighted by Crippen LogP contribution is 2.10. The van der Waals surface area contributed by atoms with Gasteiger partial charge in [-0.15, -0.1) is 0 Å². The standard InChI is InChI=1S/C14H18N2O2/c1-18-14(17)8-3-2-4-9-16-13-7-5-6-12(10-13)11-15/h5-7,10,16H,2-4,8-9H2,1H3. The molecule has 0 fully saturated rings. The van der Waals surface area contributed by atoms with Crippen LogP contribution in [0.5, 0.6) is 0 Å². The van der Waals surface area contributed by atoms with E-state index in [-0.39, 0.29) is 5.97 Å². The van der Waals surface area contributed by atoms with Crippen LogP contribution in [-0.2, 0) is 9.53 Å². The van der Waals surface area contributed by atoms with E-state index in [1.165, 1.54) is 7.11 Å². The van der Waals surface area contributed by atoms with Crippen LogP contribution in [0.4, 0.5) is 5.69 Å². The predicted molar refractivity (Wildman–Crippen MR) is 70.1 cm³/mol. The van der Waals surface area contributed by atoms with Crippen molar-refractivity contribution in [2.24, 2.45) is 0 Å². The van der Waals surface area contributed by atoms with Crippen LogP contribution in [0.15, 0.2) is 24.3 Å². The van der Waals surface area contributed by atoms with Gasteiger partial charge < -0.3 is 10.1 Å². The first-order valence-electron chi connectivity index (χ1n) is 6.07. The van der Waals surface area contributed by atoms with Gasteiger partial charge in [-0.1, -0.05) is 12.5 Å². The second-order valence-electron chi connectivity index (χ2n) is 4.01. The van der Waals surface area contributed by atoms with Gasteiger partial charge in [0.2, 0.25) is 0 Å². The molecule has 1 rings (SSSR count). The average Bonchev–Trinajstić information content (AvgIpc) is 2.42. The zero-order valence-electron chi connectivity index (χ0n) is 10.6. The van der Waals surface area contributed by atoms with Gasteiger partial charge >= 0.3 is 5.97 Å². The summed E-state index contributed by atoms with van der Waals surface area (Å²) in [4.78, 5) is 10.9. The van der Waals surface area contributed by atoms with Gasteiger partial charge in [-0.2, -0.15) is 5.26 Å². The molecule has 0 amide bonds. The Morgan fingerprint density at radius 1 is 1.39 bits per heavy atom. The number of unbranched alkanes of at least 4 members (excludes halogenated alkanes) is 2. The summed E-state index contributed by atoms with van der Waals surface area (Å²) in [7, 11) is 1.41. The highest BCUT2D eigenvalue weighted by Gasteiger charge is 1.99. The number of rotatable bonds is 7. The molecule has 0 heterocycles. The fraction of sp³-hybridized carbons (Fsp3) is 0.429. The number of nitrogens with one attached hydrogen (secondary N) is 1. The fourth-order valence-electron chi connectivity index (χ4n) is 1.60. The van der Waals surface area contributed by atoms with Crippen molar-refractivity contribution in [3.8, 4) is 6.07 Å². The Morgan fingerprint density at radius 2 is 2.22 bits per heavy atom. The molecule has 0 saturated heterocycles. The quantitative estimate of drug-likeness (QED) is 0.593. The molecule has 1 aromatic carbocycles. The number of nitriles is 1. The van der Waals surface area contributed by atoms with E-state index >= 15 is 0 Å². The number of methoxy groups -OCH3 is 1. The second kappa shape index (κ2) is 8.13. The Bertz CT molecular complexity index is 424. The molecule has 4 nitrogen and oxygen atoms in total. The summed E-state index contributed by atoms with van der Waals surface area (Å²) in [5, 5.41) is 12.0. The lowest BCUT2D eigenvalue weighted by Gasteiger charge is -2.06. The summed E-state index contributed by atoms with van der Waals surface area (Å²) in [6.07, 6.45) is 3.32. The molecule has 0 aliphatic heterocycles. The molecule has 18 heavy (non-hydrogen) atoms. The van der Waals surface area contributed by atoms with Crippen molar-refractivity contribution in [3.05, 3.63) is 29.8 Å². The Morgan fingerprint density at radius 3 is 2.94 bits per heavy atom. The SMILES string of the molecule is COC(=O)CCCCCNc1cccc(C#N)c1. The number of carbonyl (C=O) groups is 1. The van der Waals surface area contributed by atoms with E-state index in [9.17, 15) is 4.79 Å². The zero-order valence-corrected chi connectivity index (χ0v) is 10.6. The van der Waals surface area contributed by atoms with Crippen molar-refractivity contribution in [1.29, 1.82) is 5.26 Å². The van der Waals surface area contributed by atoms with Gasteiger partial charge in [-0.25, -0.2) is 0 Å². The second-order valence-corrected chi connectivity index (χ2v) is 4.01. The van der Waals surface area contributed by atoms with Gasteiger partial charge in [0.1, 0.15) is 0 Å². The predicted octanol–water partition coefficient (Wildman–Crippen LogP) is 2.70. The van der Waals surface area contributed by atoms with Crippen LogP contribution in [0.3, 0.4) is 0 Å². The number of hydrogen-bond donors (Lipinski definition) is 1. The minimum Gasteiger partial charge on any atom is -0.469 e. The lowest BCUT2D eigenvalue weighted by Crippen LogP contribution is -2.03. The average molecular weight is 246 g/mol. The maximum atomic E-state index is 10.9. The molecule has 1 N–H and O–H groups in total. The molecule has 4 heteroatoms. The van der Waals surface area contributed by atoms with Gasteiger partial charge in [0.25, 0.3) is 0 Å². The molecule has 0 spiro atoms. The number of carbonyl (C=O) groups excluding carboxylic acids is 1. The Labute approximate surface area is 108 Å². The molecule has 0 aliphatic rings. The molecule has 0 bridgehead atoms. The molecule has 0 radical (unpaired) electrons. The number of anilines is 1. The van der Waals surface area contributed by atoms with Crippen molar-refractivity contribution in [3.63, 3.8) is 0 Å². The number of esters is 1. The summed E-state index contributed by atoms with van der Waals surface area (Å²) >= 11 is 0. The van der Waals surface area contributed by atoms with Gasteiger partial charge in [-0.05, 0) is 31.0 Å². The third-order valence-electron chi connectivity index (χ3n) is 2.61. The number of nitrogens with zero attached hydrogens (tertiary/aromatic N) is 1. The van der Waals surface area contributed by atoms with E-state index < -0.39 is 0 Å². The first kappa shape index (κ1) is 14.0. The van der Waals surface area contributed by atoms with E-state index in [2.05, 4.69) is 16.1 Å². The summed E-state index contributed by atoms with van der Waals surface area (Å²) in [5.41, 5.74) is 1.62. The van der Waals surface area contributed by atoms with Crippen molar-refractivity contribution in [2.75, 3.05) is 19.0 Å². The minimum atomic E-state index is -0.148. The van der Waals surface area contributed by atoms with Crippen molar-refractivity contribution >= 4 is 11.7 Å². The van der Waals surface area contributed by atoms with Gasteiger partial charge in [0.05, 0.1) is 18.7 Å². The lowest BCUT2D eigenvalue weighted by atomic mass is 10.2. The van der Waals surface area contributed by atoms with Crippen LogP contribution >= 0.6 is 0 Å². The first-order valence-corrected chi connectivity index (χ1v) is 6.07. The topological polar surface area (TPSA) is 62.1 Å². The van der Waals surface area contributed by atoms with E-state index in [4.69, 9.17) is 5.26 Å². The summed E-state index contributed by atoms with van der Waals surface area (Å²) in [6, 6.07) is 9.51. The van der Waals surface area contributed by atoms with Crippen molar-refractivity contribution in [1.82, 2.24) is 0 Å². The third-order valence-corrected chi connectivity index (χ3v) is 2.61. The van der Waals surface area contributed by atoms with E-state index in [0.29, 0.717) is 12.0 Å². The van der Waals surface area contributed by atoms with Crippen LogP contribution in [0.25, 0.3) is 0 Å². The zero-order chi connectivity index (χ0) is 13.2. The summed E-state index contributed by atoms with van der Waals surface area (Å²) in [6.45, 7) is 0.843. The van der Waals surface area contributed by atoms with Crippen LogP contribution in [-0.4, -0.2) is 19.6 Å². The summed E-state index contributed by atoms with van der Waals surface area (Å²) < 4.78 is 4.57. The van der Waals surface area contributed by atoms with E-state index in [0.717, 1.165) is 31.5 Å². The van der Waals surface area contributed by atoms with Crippen molar-refractivity contribution in [2.45, 2.75) is 25.7 Å². The third kappa shape index (κ3) is 5.35. The molecule has 0 aromatic heterocycles. The molecule has 0 unspecified atom stereocenters. The van der Waals surface area contributed by atoms with Crippen molar-refractivity contribution < 1.29 is 9.53 Å². The highest BCUT2D eigenvalue weighted by atomic mass is 16.5. The number of ether oxygens (including phenoxy) is 1. The van der Waals surface area contributed by atoms with Crippen LogP contribution in [0.2, 0.25) is 0 Å². The van der Waals surface area contributed by atoms with E-state index in [1.807, 2.05) is 18.2 Å². The van der Waals surface area contributed by atoms with E-state index in [1.54, 1.807) is 6.07 Å². The minimum absolute atomic E-state index is 0.148. The number of hydrogen-bond acceptors (Lipinski definition) is 4. The van der Waals surface area contributed by atoms with Crippen LogP contribution < -0.4 is 5.32 Å². The smallest absolute Gasteiger partial charge is 0.305 e. The molecule has 0 atom stereocenters. The molecule has 1 aromatic rings. The molecular weight excluding hydrogens is 228 g/mol. The largest absolute Gasteiger partial charge is 0.469 e. The molecular formula is C14H18N2O2. The normalized spacial score (nSPS) is 9.56. The maximum Gasteiger partial charge on any atom is 0.305 e. The molecule has 0 aliphatic carbocycles. The fourth-order valence-corrected chi connectivity index (χ4v) is 1.60. The number of benzene rings is 1. The Hall–Kier alpha value is -2.02. The molecule has 96 valence electrons. The maximum absolute atomic E-state index is 10.9. The monoisotopic (exact) mass is 246 g/mol. The van der Waals surface area contributed by atoms with Gasteiger partial charge in [0, 0.05) is 18.7 Å².